The molecule has 0 spiro atoms. The first-order valence-corrected chi connectivity index (χ1v) is 8.28. The van der Waals surface area contributed by atoms with Gasteiger partial charge < -0.3 is 9.84 Å². The Morgan fingerprint density at radius 3 is 2.14 bits per heavy atom. The van der Waals surface area contributed by atoms with E-state index in [1.165, 1.54) is 32.9 Å². The van der Waals surface area contributed by atoms with Crippen molar-refractivity contribution < 1.29 is 27.8 Å². The molecule has 0 aromatic heterocycles. The van der Waals surface area contributed by atoms with E-state index in [4.69, 9.17) is 4.74 Å². The highest BCUT2D eigenvalue weighted by Gasteiger charge is 2.37. The Kier molecular flexibility index (Phi) is 5.84. The number of rotatable bonds is 4. The van der Waals surface area contributed by atoms with Gasteiger partial charge in [0.2, 0.25) is 0 Å². The normalized spacial score (nSPS) is 12.8. The largest absolute Gasteiger partial charge is 0.506 e. The topological polar surface area (TPSA) is 70.3 Å². The fourth-order valence-electron chi connectivity index (χ4n) is 2.37. The van der Waals surface area contributed by atoms with Crippen LogP contribution < -0.4 is 4.74 Å². The lowest BCUT2D eigenvalue weighted by Crippen LogP contribution is -2.23. The number of alkyl halides is 3. The van der Waals surface area contributed by atoms with Gasteiger partial charge in [-0.3, -0.25) is 4.79 Å². The molecule has 0 aliphatic carbocycles. The molecule has 2 aromatic carbocycles. The van der Waals surface area contributed by atoms with Crippen LogP contribution >= 0.6 is 0 Å². The van der Waals surface area contributed by atoms with Crippen LogP contribution in [0.1, 0.15) is 31.9 Å². The van der Waals surface area contributed by atoms with Crippen molar-refractivity contribution in [3.8, 4) is 17.6 Å². The van der Waals surface area contributed by atoms with E-state index in [-0.39, 0.29) is 5.75 Å². The molecule has 0 saturated carbocycles. The zero-order valence-electron chi connectivity index (χ0n) is 15.5. The Labute approximate surface area is 160 Å². The maximum Gasteiger partial charge on any atom is 0.417 e. The number of carbonyl (C=O) groups is 1. The SMILES string of the molecule is CC(C)(C)C(=O)/C(C#N)=C(\O)c1ccc(Oc2ccccc2)cc1C(F)(F)F. The highest BCUT2D eigenvalue weighted by molar-refractivity contribution is 6.07. The number of nitrogens with zero attached hydrogens (tertiary/aromatic N) is 1. The number of para-hydroxylation sites is 1. The molecule has 0 radical (unpaired) electrons. The summed E-state index contributed by atoms with van der Waals surface area (Å²) in [5, 5.41) is 19.6. The summed E-state index contributed by atoms with van der Waals surface area (Å²) < 4.78 is 46.1. The lowest BCUT2D eigenvalue weighted by atomic mass is 9.85. The van der Waals surface area contributed by atoms with Crippen LogP contribution in [0.5, 0.6) is 11.5 Å². The molecule has 0 fully saturated rings. The monoisotopic (exact) mass is 389 g/mol. The smallest absolute Gasteiger partial charge is 0.417 e. The van der Waals surface area contributed by atoms with Crippen LogP contribution in [0, 0.1) is 16.7 Å². The minimum Gasteiger partial charge on any atom is -0.506 e. The molecule has 28 heavy (non-hydrogen) atoms. The predicted octanol–water partition coefficient (Wildman–Crippen LogP) is 5.91. The van der Waals surface area contributed by atoms with Crippen molar-refractivity contribution in [3.63, 3.8) is 0 Å². The summed E-state index contributed by atoms with van der Waals surface area (Å²) in [4.78, 5) is 12.3. The van der Waals surface area contributed by atoms with Gasteiger partial charge in [-0.05, 0) is 30.3 Å². The number of ether oxygens (including phenoxy) is 1. The van der Waals surface area contributed by atoms with Gasteiger partial charge in [-0.25, -0.2) is 0 Å². The van der Waals surface area contributed by atoms with E-state index in [0.29, 0.717) is 5.75 Å². The lowest BCUT2D eigenvalue weighted by molar-refractivity contribution is -0.138. The van der Waals surface area contributed by atoms with Crippen molar-refractivity contribution >= 4 is 11.5 Å². The van der Waals surface area contributed by atoms with E-state index in [1.54, 1.807) is 30.3 Å². The maximum absolute atomic E-state index is 13.6. The summed E-state index contributed by atoms with van der Waals surface area (Å²) >= 11 is 0. The first-order chi connectivity index (χ1) is 12.9. The highest BCUT2D eigenvalue weighted by atomic mass is 19.4. The molecule has 2 aromatic rings. The van der Waals surface area contributed by atoms with Gasteiger partial charge in [-0.1, -0.05) is 39.0 Å². The van der Waals surface area contributed by atoms with Crippen molar-refractivity contribution in [2.75, 3.05) is 0 Å². The Hall–Kier alpha value is -3.27. The first-order valence-electron chi connectivity index (χ1n) is 8.28. The van der Waals surface area contributed by atoms with Crippen molar-refractivity contribution in [1.29, 1.82) is 5.26 Å². The minimum atomic E-state index is -4.84. The Morgan fingerprint density at radius 1 is 1.04 bits per heavy atom. The number of carbonyl (C=O) groups excluding carboxylic acids is 1. The molecule has 0 atom stereocenters. The summed E-state index contributed by atoms with van der Waals surface area (Å²) in [5.74, 6) is -1.54. The fourth-order valence-corrected chi connectivity index (χ4v) is 2.37. The van der Waals surface area contributed by atoms with Crippen molar-refractivity contribution in [2.45, 2.75) is 26.9 Å². The van der Waals surface area contributed by atoms with Crippen molar-refractivity contribution in [3.05, 3.63) is 65.2 Å². The van der Waals surface area contributed by atoms with Gasteiger partial charge in [-0.15, -0.1) is 0 Å². The van der Waals surface area contributed by atoms with Gasteiger partial charge in [0.15, 0.2) is 5.78 Å². The summed E-state index contributed by atoms with van der Waals surface area (Å²) in [5.41, 5.74) is -3.65. The molecule has 0 bridgehead atoms. The lowest BCUT2D eigenvalue weighted by Gasteiger charge is -2.18. The molecule has 7 heteroatoms. The number of ketones is 1. The minimum absolute atomic E-state index is 0.101. The number of hydrogen-bond acceptors (Lipinski definition) is 4. The third kappa shape index (κ3) is 4.71. The molecule has 2 rings (SSSR count). The molecule has 0 saturated heterocycles. The average Bonchev–Trinajstić information content (AvgIpc) is 2.61. The molecule has 0 unspecified atom stereocenters. The second kappa shape index (κ2) is 7.77. The van der Waals surface area contributed by atoms with Gasteiger partial charge in [0.1, 0.15) is 28.9 Å². The molecule has 0 aliphatic heterocycles. The van der Waals surface area contributed by atoms with Gasteiger partial charge in [0, 0.05) is 11.0 Å². The molecule has 1 N–H and O–H groups in total. The second-order valence-electron chi connectivity index (χ2n) is 7.03. The standard InChI is InChI=1S/C21H18F3NO3/c1-20(2,3)19(27)16(12-25)18(26)15-10-9-14(11-17(15)21(22,23)24)28-13-7-5-4-6-8-13/h4-11,26H,1-3H3/b18-16-. The zero-order valence-corrected chi connectivity index (χ0v) is 15.5. The van der Waals surface area contributed by atoms with E-state index in [2.05, 4.69) is 0 Å². The van der Waals surface area contributed by atoms with E-state index < -0.39 is 39.8 Å². The van der Waals surface area contributed by atoms with Crippen LogP contribution in [-0.4, -0.2) is 10.9 Å². The summed E-state index contributed by atoms with van der Waals surface area (Å²) in [6, 6.07) is 12.7. The second-order valence-corrected chi connectivity index (χ2v) is 7.03. The average molecular weight is 389 g/mol. The molecule has 0 amide bonds. The Balaban J connectivity index is 2.59. The van der Waals surface area contributed by atoms with Crippen LogP contribution in [0.15, 0.2) is 54.1 Å². The van der Waals surface area contributed by atoms with Gasteiger partial charge in [-0.2, -0.15) is 18.4 Å². The molecule has 0 heterocycles. The van der Waals surface area contributed by atoms with Crippen LogP contribution in [-0.2, 0) is 11.0 Å². The number of Topliss-reactive ketones (excluding diaryl/α,β-unsaturated/α-hetero) is 1. The molecule has 4 nitrogen and oxygen atoms in total. The number of halogens is 3. The van der Waals surface area contributed by atoms with Crippen molar-refractivity contribution in [1.82, 2.24) is 0 Å². The summed E-state index contributed by atoms with van der Waals surface area (Å²) in [7, 11) is 0. The summed E-state index contributed by atoms with van der Waals surface area (Å²) in [6.07, 6.45) is -4.84. The quantitative estimate of drug-likeness (QED) is 0.401. The van der Waals surface area contributed by atoms with Crippen LogP contribution in [0.2, 0.25) is 0 Å². The number of allylic oxidation sites excluding steroid dienone is 1. The Bertz CT molecular complexity index is 950. The highest BCUT2D eigenvalue weighted by Crippen LogP contribution is 2.39. The van der Waals surface area contributed by atoms with Crippen molar-refractivity contribution in [2.24, 2.45) is 5.41 Å². The third-order valence-electron chi connectivity index (χ3n) is 3.79. The first kappa shape index (κ1) is 21.0. The Morgan fingerprint density at radius 2 is 1.64 bits per heavy atom. The van der Waals surface area contributed by atoms with Gasteiger partial charge in [0.05, 0.1) is 5.56 Å². The number of hydrogen-bond donors (Lipinski definition) is 1. The number of nitriles is 1. The molecular formula is C21H18F3NO3. The number of aliphatic hydroxyl groups is 1. The fraction of sp³-hybridized carbons (Fsp3) is 0.238. The number of aliphatic hydroxyl groups excluding tert-OH is 1. The van der Waals surface area contributed by atoms with Gasteiger partial charge in [0.25, 0.3) is 0 Å². The van der Waals surface area contributed by atoms with E-state index >= 15 is 0 Å². The maximum atomic E-state index is 13.6. The zero-order chi connectivity index (χ0) is 21.1. The number of benzene rings is 2. The molecular weight excluding hydrogens is 371 g/mol. The van der Waals surface area contributed by atoms with Crippen LogP contribution in [0.4, 0.5) is 13.2 Å². The van der Waals surface area contributed by atoms with Gasteiger partial charge >= 0.3 is 6.18 Å². The van der Waals surface area contributed by atoms with Crippen LogP contribution in [0.25, 0.3) is 5.76 Å². The van der Waals surface area contributed by atoms with Crippen LogP contribution in [0.3, 0.4) is 0 Å². The predicted molar refractivity (Wildman–Crippen MR) is 97.6 cm³/mol. The molecule has 0 aliphatic rings. The van der Waals surface area contributed by atoms with E-state index in [1.807, 2.05) is 0 Å². The van der Waals surface area contributed by atoms with E-state index in [0.717, 1.165) is 12.1 Å². The molecule has 146 valence electrons. The summed E-state index contributed by atoms with van der Waals surface area (Å²) in [6.45, 7) is 4.50. The third-order valence-corrected chi connectivity index (χ3v) is 3.79. The van der Waals surface area contributed by atoms with E-state index in [9.17, 15) is 28.3 Å².